The Kier molecular flexibility index (Phi) is 4.68. The molecule has 3 rings (SSSR count). The van der Waals surface area contributed by atoms with E-state index in [0.29, 0.717) is 43.9 Å². The lowest BCUT2D eigenvalue weighted by Crippen LogP contribution is -2.62. The van der Waals surface area contributed by atoms with Gasteiger partial charge in [0.05, 0.1) is 4.90 Å². The molecule has 6 nitrogen and oxygen atoms in total. The third-order valence-electron chi connectivity index (χ3n) is 5.49. The number of likely N-dealkylation sites (N-methyl/N-ethyl adjacent to an activating group) is 1. The molecular weight excluding hydrogens is 326 g/mol. The molecule has 24 heavy (non-hydrogen) atoms. The van der Waals surface area contributed by atoms with Gasteiger partial charge in [-0.1, -0.05) is 18.2 Å². The molecule has 132 valence electrons. The molecule has 0 unspecified atom stereocenters. The molecule has 0 aliphatic carbocycles. The van der Waals surface area contributed by atoms with Gasteiger partial charge in [-0.25, -0.2) is 8.42 Å². The van der Waals surface area contributed by atoms with Gasteiger partial charge in [0.15, 0.2) is 0 Å². The van der Waals surface area contributed by atoms with Gasteiger partial charge in [-0.3, -0.25) is 9.69 Å². The van der Waals surface area contributed by atoms with Crippen LogP contribution in [0.5, 0.6) is 0 Å². The van der Waals surface area contributed by atoms with E-state index in [1.807, 2.05) is 20.2 Å². The molecule has 7 heteroatoms. The van der Waals surface area contributed by atoms with Crippen LogP contribution >= 0.6 is 0 Å². The average Bonchev–Trinajstić information content (AvgIpc) is 2.73. The summed E-state index contributed by atoms with van der Waals surface area (Å²) in [4.78, 5) is 16.4. The van der Waals surface area contributed by atoms with Gasteiger partial charge in [-0.15, -0.1) is 0 Å². The minimum absolute atomic E-state index is 0.142. The normalized spacial score (nSPS) is 27.4. The zero-order valence-electron chi connectivity index (χ0n) is 14.3. The number of benzene rings is 1. The lowest BCUT2D eigenvalue weighted by atomic mass is 9.87. The molecule has 0 radical (unpaired) electrons. The van der Waals surface area contributed by atoms with E-state index >= 15 is 0 Å². The monoisotopic (exact) mass is 351 g/mol. The quantitative estimate of drug-likeness (QED) is 0.798. The third-order valence-corrected chi connectivity index (χ3v) is 7.35. The predicted molar refractivity (Wildman–Crippen MR) is 92.0 cm³/mol. The highest BCUT2D eigenvalue weighted by molar-refractivity contribution is 7.89. The van der Waals surface area contributed by atoms with Crippen molar-refractivity contribution in [2.45, 2.75) is 29.7 Å². The predicted octanol–water partition coefficient (Wildman–Crippen LogP) is 1.00. The Morgan fingerprint density at radius 3 is 2.42 bits per heavy atom. The SMILES string of the molecule is CN1CC[C@]2(CCC1=O)CN(S(=O)(=O)c1ccccc1)CCN2C. The summed E-state index contributed by atoms with van der Waals surface area (Å²) in [5.74, 6) is 0.142. The van der Waals surface area contributed by atoms with E-state index in [1.54, 1.807) is 33.5 Å². The van der Waals surface area contributed by atoms with Gasteiger partial charge in [0.1, 0.15) is 0 Å². The molecule has 2 aliphatic rings. The van der Waals surface area contributed by atoms with Crippen molar-refractivity contribution in [2.24, 2.45) is 0 Å². The second-order valence-corrected chi connectivity index (χ2v) is 8.80. The number of likely N-dealkylation sites (tertiary alicyclic amines) is 1. The van der Waals surface area contributed by atoms with Crippen molar-refractivity contribution in [1.82, 2.24) is 14.1 Å². The first-order valence-electron chi connectivity index (χ1n) is 8.36. The number of hydrogen-bond acceptors (Lipinski definition) is 4. The van der Waals surface area contributed by atoms with Crippen molar-refractivity contribution in [2.75, 3.05) is 40.3 Å². The maximum atomic E-state index is 13.0. The molecule has 0 bridgehead atoms. The number of carbonyl (C=O) groups is 1. The second kappa shape index (κ2) is 6.46. The van der Waals surface area contributed by atoms with Gasteiger partial charge in [-0.2, -0.15) is 4.31 Å². The van der Waals surface area contributed by atoms with Crippen LogP contribution in [0.4, 0.5) is 0 Å². The summed E-state index contributed by atoms with van der Waals surface area (Å²) in [7, 11) is 0.374. The highest BCUT2D eigenvalue weighted by atomic mass is 32.2. The van der Waals surface area contributed by atoms with Gasteiger partial charge in [0.2, 0.25) is 15.9 Å². The van der Waals surface area contributed by atoms with Gasteiger partial charge < -0.3 is 4.90 Å². The molecular formula is C17H25N3O3S. The number of hydrogen-bond donors (Lipinski definition) is 0. The molecule has 1 amide bonds. The lowest BCUT2D eigenvalue weighted by molar-refractivity contribution is -0.129. The van der Waals surface area contributed by atoms with Crippen molar-refractivity contribution in [3.63, 3.8) is 0 Å². The molecule has 1 atom stereocenters. The van der Waals surface area contributed by atoms with E-state index < -0.39 is 10.0 Å². The van der Waals surface area contributed by atoms with Crippen molar-refractivity contribution >= 4 is 15.9 Å². The van der Waals surface area contributed by atoms with E-state index in [2.05, 4.69) is 4.90 Å². The zero-order valence-corrected chi connectivity index (χ0v) is 15.1. The molecule has 2 heterocycles. The number of rotatable bonds is 2. The maximum absolute atomic E-state index is 13.0. The summed E-state index contributed by atoms with van der Waals surface area (Å²) < 4.78 is 27.5. The summed E-state index contributed by atoms with van der Waals surface area (Å²) in [6, 6.07) is 8.60. The Balaban J connectivity index is 1.87. The third kappa shape index (κ3) is 3.08. The summed E-state index contributed by atoms with van der Waals surface area (Å²) in [6.45, 7) is 2.29. The van der Waals surface area contributed by atoms with Crippen molar-refractivity contribution < 1.29 is 13.2 Å². The standard InChI is InChI=1S/C17H25N3O3S/c1-18-11-10-17(9-8-16(18)21)14-20(13-12-19(17)2)24(22,23)15-6-4-3-5-7-15/h3-7H,8-14H2,1-2H3/t17-/m1/s1. The van der Waals surface area contributed by atoms with Crippen molar-refractivity contribution in [3.05, 3.63) is 30.3 Å². The van der Waals surface area contributed by atoms with E-state index in [1.165, 1.54) is 0 Å². The van der Waals surface area contributed by atoms with E-state index in [9.17, 15) is 13.2 Å². The minimum Gasteiger partial charge on any atom is -0.346 e. The Morgan fingerprint density at radius 1 is 1.00 bits per heavy atom. The molecule has 2 fully saturated rings. The van der Waals surface area contributed by atoms with Gasteiger partial charge >= 0.3 is 0 Å². The van der Waals surface area contributed by atoms with Crippen LogP contribution in [0.3, 0.4) is 0 Å². The highest BCUT2D eigenvalue weighted by Crippen LogP contribution is 2.33. The smallest absolute Gasteiger partial charge is 0.243 e. The number of sulfonamides is 1. The molecule has 1 spiro atoms. The molecule has 0 saturated carbocycles. The topological polar surface area (TPSA) is 60.9 Å². The van der Waals surface area contributed by atoms with Crippen molar-refractivity contribution in [3.8, 4) is 0 Å². The van der Waals surface area contributed by atoms with Crippen LogP contribution in [-0.2, 0) is 14.8 Å². The fourth-order valence-electron chi connectivity index (χ4n) is 3.67. The minimum atomic E-state index is -3.49. The van der Waals surface area contributed by atoms with Gasteiger partial charge in [0, 0.05) is 45.2 Å². The largest absolute Gasteiger partial charge is 0.346 e. The van der Waals surface area contributed by atoms with Crippen LogP contribution in [-0.4, -0.2) is 74.2 Å². The summed E-state index contributed by atoms with van der Waals surface area (Å²) in [5.41, 5.74) is -0.263. The first-order valence-corrected chi connectivity index (χ1v) is 9.80. The first-order chi connectivity index (χ1) is 11.3. The maximum Gasteiger partial charge on any atom is 0.243 e. The van der Waals surface area contributed by atoms with Crippen molar-refractivity contribution in [1.29, 1.82) is 0 Å². The van der Waals surface area contributed by atoms with E-state index in [0.717, 1.165) is 6.42 Å². The summed E-state index contributed by atoms with van der Waals surface area (Å²) in [6.07, 6.45) is 1.97. The van der Waals surface area contributed by atoms with Crippen LogP contribution in [0.1, 0.15) is 19.3 Å². The summed E-state index contributed by atoms with van der Waals surface area (Å²) >= 11 is 0. The fraction of sp³-hybridized carbons (Fsp3) is 0.588. The van der Waals surface area contributed by atoms with Crippen LogP contribution in [0.25, 0.3) is 0 Å². The Morgan fingerprint density at radius 2 is 1.71 bits per heavy atom. The number of nitrogens with zero attached hydrogens (tertiary/aromatic N) is 3. The fourth-order valence-corrected chi connectivity index (χ4v) is 5.20. The molecule has 1 aromatic carbocycles. The molecule has 1 aromatic rings. The van der Waals surface area contributed by atoms with Crippen LogP contribution in [0.2, 0.25) is 0 Å². The zero-order chi connectivity index (χ0) is 17.4. The molecule has 0 N–H and O–H groups in total. The van der Waals surface area contributed by atoms with Crippen LogP contribution in [0, 0.1) is 0 Å². The first kappa shape index (κ1) is 17.4. The number of piperazine rings is 1. The molecule has 2 aliphatic heterocycles. The van der Waals surface area contributed by atoms with Crippen LogP contribution in [0.15, 0.2) is 35.2 Å². The van der Waals surface area contributed by atoms with Gasteiger partial charge in [-0.05, 0) is 32.0 Å². The highest BCUT2D eigenvalue weighted by Gasteiger charge is 2.44. The Hall–Kier alpha value is -1.44. The molecule has 0 aromatic heterocycles. The average molecular weight is 351 g/mol. The van der Waals surface area contributed by atoms with Gasteiger partial charge in [0.25, 0.3) is 0 Å². The lowest BCUT2D eigenvalue weighted by Gasteiger charge is -2.48. The Labute approximate surface area is 144 Å². The number of amides is 1. The Bertz CT molecular complexity index is 707. The van der Waals surface area contributed by atoms with E-state index in [4.69, 9.17) is 0 Å². The van der Waals surface area contributed by atoms with E-state index in [-0.39, 0.29) is 11.4 Å². The van der Waals surface area contributed by atoms with Crippen LogP contribution < -0.4 is 0 Å². The number of carbonyl (C=O) groups excluding carboxylic acids is 1. The summed E-state index contributed by atoms with van der Waals surface area (Å²) in [5, 5.41) is 0. The molecule has 2 saturated heterocycles. The second-order valence-electron chi connectivity index (χ2n) is 6.86.